The van der Waals surface area contributed by atoms with Crippen molar-refractivity contribution >= 4 is 16.7 Å². The summed E-state index contributed by atoms with van der Waals surface area (Å²) in [6, 6.07) is 12.4. The highest BCUT2D eigenvalue weighted by atomic mass is 16.5. The molecule has 2 aromatic rings. The highest BCUT2D eigenvalue weighted by Crippen LogP contribution is 2.22. The van der Waals surface area contributed by atoms with Gasteiger partial charge in [0.05, 0.1) is 7.11 Å². The van der Waals surface area contributed by atoms with Crippen molar-refractivity contribution in [1.82, 2.24) is 0 Å². The molecular formula is C16H19NO2. The molecule has 0 heterocycles. The lowest BCUT2D eigenvalue weighted by Gasteiger charge is -2.12. The summed E-state index contributed by atoms with van der Waals surface area (Å²) in [6.45, 7) is 2.08. The largest absolute Gasteiger partial charge is 0.469 e. The van der Waals surface area contributed by atoms with Crippen LogP contribution in [0.3, 0.4) is 0 Å². The molecule has 0 saturated heterocycles. The Morgan fingerprint density at radius 3 is 2.63 bits per heavy atom. The Hall–Kier alpha value is -1.87. The van der Waals surface area contributed by atoms with Crippen LogP contribution in [-0.2, 0) is 9.53 Å². The average Bonchev–Trinajstić information content (AvgIpc) is 2.43. The molecule has 2 rings (SSSR count). The standard InChI is InChI=1S/C16H19NO2/c1-11-3-4-13-10-14(6-5-12(13)9-11)15(17)7-8-16(18)19-2/h3-6,9-10,15H,7-8,17H2,1-2H3. The maximum absolute atomic E-state index is 11.1. The smallest absolute Gasteiger partial charge is 0.305 e. The Kier molecular flexibility index (Phi) is 4.17. The number of ether oxygens (including phenoxy) is 1. The zero-order chi connectivity index (χ0) is 13.8. The number of aryl methyl sites for hydroxylation is 1. The van der Waals surface area contributed by atoms with Gasteiger partial charge in [-0.25, -0.2) is 0 Å². The second-order valence-electron chi connectivity index (χ2n) is 4.83. The molecule has 1 unspecified atom stereocenters. The first-order valence-corrected chi connectivity index (χ1v) is 6.43. The summed E-state index contributed by atoms with van der Waals surface area (Å²) < 4.78 is 4.63. The summed E-state index contributed by atoms with van der Waals surface area (Å²) in [7, 11) is 1.40. The van der Waals surface area contributed by atoms with Crippen LogP contribution < -0.4 is 5.73 Å². The van der Waals surface area contributed by atoms with Gasteiger partial charge in [-0.3, -0.25) is 4.79 Å². The summed E-state index contributed by atoms with van der Waals surface area (Å²) in [4.78, 5) is 11.1. The molecular weight excluding hydrogens is 238 g/mol. The number of nitrogens with two attached hydrogens (primary N) is 1. The van der Waals surface area contributed by atoms with Gasteiger partial charge in [-0.05, 0) is 35.7 Å². The molecule has 100 valence electrons. The second kappa shape index (κ2) is 5.85. The lowest BCUT2D eigenvalue weighted by Crippen LogP contribution is -2.13. The number of methoxy groups -OCH3 is 1. The van der Waals surface area contributed by atoms with Crippen molar-refractivity contribution in [2.75, 3.05) is 7.11 Å². The maximum atomic E-state index is 11.1. The fourth-order valence-corrected chi connectivity index (χ4v) is 2.16. The summed E-state index contributed by atoms with van der Waals surface area (Å²) >= 11 is 0. The van der Waals surface area contributed by atoms with Gasteiger partial charge in [0.1, 0.15) is 0 Å². The molecule has 1 atom stereocenters. The topological polar surface area (TPSA) is 52.3 Å². The third-order valence-electron chi connectivity index (χ3n) is 3.34. The van der Waals surface area contributed by atoms with Crippen LogP contribution >= 0.6 is 0 Å². The Bertz CT molecular complexity index is 592. The van der Waals surface area contributed by atoms with E-state index in [1.807, 2.05) is 6.07 Å². The Morgan fingerprint density at radius 1 is 1.21 bits per heavy atom. The molecule has 19 heavy (non-hydrogen) atoms. The molecule has 0 aromatic heterocycles. The third kappa shape index (κ3) is 3.32. The highest BCUT2D eigenvalue weighted by molar-refractivity contribution is 5.83. The number of rotatable bonds is 4. The van der Waals surface area contributed by atoms with Crippen LogP contribution in [0.25, 0.3) is 10.8 Å². The van der Waals surface area contributed by atoms with Crippen LogP contribution in [0.5, 0.6) is 0 Å². The molecule has 0 aliphatic heterocycles. The molecule has 3 nitrogen and oxygen atoms in total. The fourth-order valence-electron chi connectivity index (χ4n) is 2.16. The number of carbonyl (C=O) groups excluding carboxylic acids is 1. The van der Waals surface area contributed by atoms with E-state index in [2.05, 4.69) is 42.0 Å². The number of benzene rings is 2. The Morgan fingerprint density at radius 2 is 1.89 bits per heavy atom. The van der Waals surface area contributed by atoms with Gasteiger partial charge in [-0.2, -0.15) is 0 Å². The van der Waals surface area contributed by atoms with Crippen molar-refractivity contribution in [2.45, 2.75) is 25.8 Å². The van der Waals surface area contributed by atoms with Gasteiger partial charge in [0.25, 0.3) is 0 Å². The molecule has 2 N–H and O–H groups in total. The molecule has 0 aliphatic carbocycles. The second-order valence-corrected chi connectivity index (χ2v) is 4.83. The van der Waals surface area contributed by atoms with E-state index in [-0.39, 0.29) is 12.0 Å². The molecule has 0 amide bonds. The van der Waals surface area contributed by atoms with Gasteiger partial charge in [0.2, 0.25) is 0 Å². The third-order valence-corrected chi connectivity index (χ3v) is 3.34. The summed E-state index contributed by atoms with van der Waals surface area (Å²) in [5.74, 6) is -0.216. The van der Waals surface area contributed by atoms with Crippen LogP contribution in [0.2, 0.25) is 0 Å². The predicted molar refractivity (Wildman–Crippen MR) is 76.9 cm³/mol. The van der Waals surface area contributed by atoms with E-state index in [0.29, 0.717) is 12.8 Å². The lowest BCUT2D eigenvalue weighted by molar-refractivity contribution is -0.140. The summed E-state index contributed by atoms with van der Waals surface area (Å²) in [5, 5.41) is 2.39. The van der Waals surface area contributed by atoms with Crippen LogP contribution in [0, 0.1) is 6.92 Å². The van der Waals surface area contributed by atoms with Crippen molar-refractivity contribution < 1.29 is 9.53 Å². The fraction of sp³-hybridized carbons (Fsp3) is 0.312. The minimum atomic E-state index is -0.216. The number of esters is 1. The maximum Gasteiger partial charge on any atom is 0.305 e. The first kappa shape index (κ1) is 13.6. The van der Waals surface area contributed by atoms with E-state index in [1.54, 1.807) is 0 Å². The first-order valence-electron chi connectivity index (χ1n) is 6.43. The average molecular weight is 257 g/mol. The zero-order valence-corrected chi connectivity index (χ0v) is 11.3. The molecule has 2 aromatic carbocycles. The van der Waals surface area contributed by atoms with Gasteiger partial charge in [0, 0.05) is 12.5 Å². The Labute approximate surface area is 113 Å². The molecule has 0 aliphatic rings. The van der Waals surface area contributed by atoms with E-state index in [1.165, 1.54) is 23.4 Å². The van der Waals surface area contributed by atoms with Crippen LogP contribution in [0.1, 0.15) is 30.0 Å². The van der Waals surface area contributed by atoms with Gasteiger partial charge < -0.3 is 10.5 Å². The summed E-state index contributed by atoms with van der Waals surface area (Å²) in [5.41, 5.74) is 8.41. The number of hydrogen-bond acceptors (Lipinski definition) is 3. The molecule has 0 fully saturated rings. The molecule has 0 bridgehead atoms. The van der Waals surface area contributed by atoms with Gasteiger partial charge >= 0.3 is 5.97 Å². The van der Waals surface area contributed by atoms with E-state index in [9.17, 15) is 4.79 Å². The van der Waals surface area contributed by atoms with Gasteiger partial charge in [-0.15, -0.1) is 0 Å². The molecule has 0 radical (unpaired) electrons. The van der Waals surface area contributed by atoms with Crippen LogP contribution in [-0.4, -0.2) is 13.1 Å². The minimum absolute atomic E-state index is 0.134. The monoisotopic (exact) mass is 257 g/mol. The summed E-state index contributed by atoms with van der Waals surface area (Å²) in [6.07, 6.45) is 0.952. The van der Waals surface area contributed by atoms with E-state index < -0.39 is 0 Å². The van der Waals surface area contributed by atoms with Crippen molar-refractivity contribution in [1.29, 1.82) is 0 Å². The zero-order valence-electron chi connectivity index (χ0n) is 11.3. The van der Waals surface area contributed by atoms with Crippen LogP contribution in [0.4, 0.5) is 0 Å². The molecule has 3 heteroatoms. The quantitative estimate of drug-likeness (QED) is 0.856. The Balaban J connectivity index is 2.16. The van der Waals surface area contributed by atoms with Crippen molar-refractivity contribution in [3.8, 4) is 0 Å². The first-order chi connectivity index (χ1) is 9.10. The molecule has 0 saturated carbocycles. The van der Waals surface area contributed by atoms with E-state index in [4.69, 9.17) is 5.73 Å². The highest BCUT2D eigenvalue weighted by Gasteiger charge is 2.09. The number of carbonyl (C=O) groups is 1. The lowest BCUT2D eigenvalue weighted by atomic mass is 9.98. The van der Waals surface area contributed by atoms with Crippen LogP contribution in [0.15, 0.2) is 36.4 Å². The van der Waals surface area contributed by atoms with Gasteiger partial charge in [0.15, 0.2) is 0 Å². The minimum Gasteiger partial charge on any atom is -0.469 e. The van der Waals surface area contributed by atoms with Crippen molar-refractivity contribution in [2.24, 2.45) is 5.73 Å². The SMILES string of the molecule is COC(=O)CCC(N)c1ccc2cc(C)ccc2c1. The predicted octanol–water partition coefficient (Wildman–Crippen LogP) is 3.10. The van der Waals surface area contributed by atoms with E-state index in [0.717, 1.165) is 5.56 Å². The van der Waals surface area contributed by atoms with Gasteiger partial charge in [-0.1, -0.05) is 35.9 Å². The number of fused-ring (bicyclic) bond motifs is 1. The normalized spacial score (nSPS) is 12.4. The number of hydrogen-bond donors (Lipinski definition) is 1. The van der Waals surface area contributed by atoms with E-state index >= 15 is 0 Å². The van der Waals surface area contributed by atoms with Crippen molar-refractivity contribution in [3.63, 3.8) is 0 Å². The molecule has 0 spiro atoms. The van der Waals surface area contributed by atoms with Crippen molar-refractivity contribution in [3.05, 3.63) is 47.5 Å².